The molecule has 2 aliphatic heterocycles. The average molecular weight is 847 g/mol. The van der Waals surface area contributed by atoms with Crippen LogP contribution in [0.2, 0.25) is 0 Å². The quantitative estimate of drug-likeness (QED) is 0.123. The first-order valence-corrected chi connectivity index (χ1v) is 20.7. The van der Waals surface area contributed by atoms with Gasteiger partial charge in [-0.3, -0.25) is 15.1 Å². The summed E-state index contributed by atoms with van der Waals surface area (Å²) in [7, 11) is 6.01. The topological polar surface area (TPSA) is 191 Å². The number of aromatic hydroxyl groups is 2. The number of fused-ring (bicyclic) bond motifs is 3. The maximum Gasteiger partial charge on any atom is 0.407 e. The van der Waals surface area contributed by atoms with Gasteiger partial charge in [-0.25, -0.2) is 4.79 Å². The van der Waals surface area contributed by atoms with Gasteiger partial charge in [0.15, 0.2) is 23.0 Å². The fraction of sp³-hybridized carbons (Fsp3) is 0.426. The predicted octanol–water partition coefficient (Wildman–Crippen LogP) is 5.16. The van der Waals surface area contributed by atoms with Crippen molar-refractivity contribution in [1.29, 1.82) is 10.5 Å². The summed E-state index contributed by atoms with van der Waals surface area (Å²) in [5.41, 5.74) is 6.81. The monoisotopic (exact) mass is 846 g/mol. The molecule has 62 heavy (non-hydrogen) atoms. The van der Waals surface area contributed by atoms with Gasteiger partial charge in [0.2, 0.25) is 0 Å². The minimum atomic E-state index is -0.876. The second kappa shape index (κ2) is 19.2. The van der Waals surface area contributed by atoms with Crippen molar-refractivity contribution < 1.29 is 43.4 Å². The van der Waals surface area contributed by atoms with E-state index < -0.39 is 36.4 Å². The molecule has 4 aromatic rings. The maximum atomic E-state index is 13.7. The number of hydrogen-bond donors (Lipinski definition) is 4. The smallest absolute Gasteiger partial charge is 0.407 e. The molecule has 7 rings (SSSR count). The number of nitrogens with zero attached hydrogens (tertiary/aromatic N) is 4. The Labute approximate surface area is 362 Å². The third kappa shape index (κ3) is 8.37. The lowest BCUT2D eigenvalue weighted by molar-refractivity contribution is -0.00111. The van der Waals surface area contributed by atoms with Gasteiger partial charge in [-0.1, -0.05) is 48.5 Å². The zero-order chi connectivity index (χ0) is 44.1. The van der Waals surface area contributed by atoms with Gasteiger partial charge in [-0.05, 0) is 72.2 Å². The van der Waals surface area contributed by atoms with Crippen molar-refractivity contribution in [2.75, 3.05) is 67.9 Å². The van der Waals surface area contributed by atoms with E-state index in [1.807, 2.05) is 34.1 Å². The molecule has 0 aromatic heterocycles. The number of alkyl carbamates (subject to hydrolysis) is 1. The fourth-order valence-corrected chi connectivity index (χ4v) is 9.74. The Kier molecular flexibility index (Phi) is 13.6. The highest BCUT2D eigenvalue weighted by Crippen LogP contribution is 2.45. The summed E-state index contributed by atoms with van der Waals surface area (Å²) in [4.78, 5) is 17.7. The molecule has 1 unspecified atom stereocenters. The van der Waals surface area contributed by atoms with Crippen LogP contribution < -0.4 is 29.6 Å². The number of ether oxygens (including phenoxy) is 6. The molecule has 4 N–H and O–H groups in total. The highest BCUT2D eigenvalue weighted by molar-refractivity contribution is 5.79. The van der Waals surface area contributed by atoms with Gasteiger partial charge in [0, 0.05) is 48.8 Å². The van der Waals surface area contributed by atoms with E-state index in [0.29, 0.717) is 60.1 Å². The molecule has 0 saturated carbocycles. The standard InChI is InChI=1S/C47H54N6O9/c1-27-43(57-3)29(21-40(54)45(27)59-5)19-36-38(23-48)53(37(39(24-49)52-15-17-61-18-16-52)20-30-22-41(55)46(60-6)28(2)44(30)58-4)42(51-36)25-50-47(56)62-26-35-33-13-9-7-11-31(33)32-12-8-10-14-34(32)35/h7-14,21-22,35-39,42,51,54-55H,15-20,25-26H2,1-6H3,(H,50,56)/t36-,37-,38?,39-,42-/m0/s1. The van der Waals surface area contributed by atoms with Crippen LogP contribution >= 0.6 is 0 Å². The van der Waals surface area contributed by atoms with E-state index in [1.54, 1.807) is 26.0 Å². The normalized spacial score (nSPS) is 19.6. The highest BCUT2D eigenvalue weighted by atomic mass is 16.5. The summed E-state index contributed by atoms with van der Waals surface area (Å²) in [5.74, 6) is 1.21. The van der Waals surface area contributed by atoms with Crippen LogP contribution in [0.15, 0.2) is 60.7 Å². The van der Waals surface area contributed by atoms with E-state index >= 15 is 0 Å². The van der Waals surface area contributed by atoms with Gasteiger partial charge >= 0.3 is 6.09 Å². The van der Waals surface area contributed by atoms with Crippen LogP contribution in [0, 0.1) is 36.5 Å². The second-order valence-electron chi connectivity index (χ2n) is 15.7. The SMILES string of the molecule is COc1c(O)cc(C[C@@H]2N[C@H](CNC(=O)OCC3c4ccccc4-c4ccccc43)N([C@@H](Cc3cc(O)c(OC)c(C)c3OC)[C@H](C#N)N3CCOCC3)C2C#N)c(OC)c1C. The molecule has 2 saturated heterocycles. The summed E-state index contributed by atoms with van der Waals surface area (Å²) in [6.45, 7) is 5.48. The van der Waals surface area contributed by atoms with Crippen LogP contribution in [0.25, 0.3) is 11.1 Å². The van der Waals surface area contributed by atoms with Gasteiger partial charge in [0.05, 0.1) is 60.0 Å². The minimum absolute atomic E-state index is 0.00281. The molecule has 5 atom stereocenters. The van der Waals surface area contributed by atoms with Crippen molar-refractivity contribution in [3.8, 4) is 57.8 Å². The number of methoxy groups -OCH3 is 4. The first-order chi connectivity index (χ1) is 30.1. The summed E-state index contributed by atoms with van der Waals surface area (Å²) >= 11 is 0. The first kappa shape index (κ1) is 43.8. The van der Waals surface area contributed by atoms with Crippen molar-refractivity contribution in [2.45, 2.75) is 62.9 Å². The van der Waals surface area contributed by atoms with Crippen LogP contribution in [-0.2, 0) is 22.3 Å². The zero-order valence-corrected chi connectivity index (χ0v) is 35.9. The van der Waals surface area contributed by atoms with Crippen molar-refractivity contribution in [3.63, 3.8) is 0 Å². The molecular weight excluding hydrogens is 793 g/mol. The fourth-order valence-electron chi connectivity index (χ4n) is 9.74. The Morgan fingerprint density at radius 1 is 0.855 bits per heavy atom. The lowest BCUT2D eigenvalue weighted by atomic mass is 9.92. The molecule has 0 radical (unpaired) electrons. The van der Waals surface area contributed by atoms with E-state index in [4.69, 9.17) is 28.4 Å². The van der Waals surface area contributed by atoms with Crippen molar-refractivity contribution in [1.82, 2.24) is 20.4 Å². The molecule has 3 aliphatic rings. The number of phenols is 2. The van der Waals surface area contributed by atoms with Gasteiger partial charge in [0.25, 0.3) is 0 Å². The number of morpholine rings is 1. The number of benzene rings is 4. The largest absolute Gasteiger partial charge is 0.504 e. The number of nitrogens with one attached hydrogen (secondary N) is 2. The molecule has 2 heterocycles. The molecule has 0 spiro atoms. The van der Waals surface area contributed by atoms with Crippen LogP contribution in [-0.4, -0.2) is 124 Å². The number of hydrogen-bond acceptors (Lipinski definition) is 14. The van der Waals surface area contributed by atoms with E-state index in [1.165, 1.54) is 28.4 Å². The van der Waals surface area contributed by atoms with Crippen molar-refractivity contribution in [3.05, 3.63) is 94.0 Å². The first-order valence-electron chi connectivity index (χ1n) is 20.7. The molecule has 15 heteroatoms. The average Bonchev–Trinajstić information content (AvgIpc) is 3.79. The van der Waals surface area contributed by atoms with Crippen molar-refractivity contribution >= 4 is 6.09 Å². The molecule has 4 aromatic carbocycles. The Balaban J connectivity index is 1.24. The van der Waals surface area contributed by atoms with Crippen LogP contribution in [0.5, 0.6) is 34.5 Å². The molecule has 1 aliphatic carbocycles. The molecule has 15 nitrogen and oxygen atoms in total. The number of nitriles is 2. The summed E-state index contributed by atoms with van der Waals surface area (Å²) in [6.07, 6.45) is -0.950. The number of carbonyl (C=O) groups is 1. The van der Waals surface area contributed by atoms with Crippen LogP contribution in [0.1, 0.15) is 39.3 Å². The Hall–Kier alpha value is -6.23. The van der Waals surface area contributed by atoms with Crippen LogP contribution in [0.4, 0.5) is 4.79 Å². The maximum absolute atomic E-state index is 13.7. The molecular formula is C47H54N6O9. The summed E-state index contributed by atoms with van der Waals surface area (Å²) in [6, 6.07) is 21.5. The van der Waals surface area contributed by atoms with E-state index in [9.17, 15) is 25.5 Å². The number of rotatable bonds is 15. The highest BCUT2D eigenvalue weighted by Gasteiger charge is 2.48. The summed E-state index contributed by atoms with van der Waals surface area (Å²) < 4.78 is 34.3. The molecule has 0 bridgehead atoms. The zero-order valence-electron chi connectivity index (χ0n) is 35.9. The summed E-state index contributed by atoms with van der Waals surface area (Å²) in [5, 5.41) is 50.9. The predicted molar refractivity (Wildman–Crippen MR) is 230 cm³/mol. The minimum Gasteiger partial charge on any atom is -0.504 e. The van der Waals surface area contributed by atoms with Gasteiger partial charge in [0.1, 0.15) is 30.2 Å². The Bertz CT molecular complexity index is 2310. The van der Waals surface area contributed by atoms with E-state index in [2.05, 4.69) is 47.0 Å². The molecule has 1 amide bonds. The lowest BCUT2D eigenvalue weighted by Gasteiger charge is -2.42. The Morgan fingerprint density at radius 3 is 1.95 bits per heavy atom. The number of phenolic OH excluding ortho intramolecular Hbond substituents is 2. The van der Waals surface area contributed by atoms with Gasteiger partial charge in [-0.2, -0.15) is 10.5 Å². The van der Waals surface area contributed by atoms with Gasteiger partial charge in [-0.15, -0.1) is 0 Å². The lowest BCUT2D eigenvalue weighted by Crippen LogP contribution is -2.60. The third-order valence-electron chi connectivity index (χ3n) is 12.4. The van der Waals surface area contributed by atoms with E-state index in [-0.39, 0.29) is 54.9 Å². The third-order valence-corrected chi connectivity index (χ3v) is 12.4. The van der Waals surface area contributed by atoms with Gasteiger partial charge < -0.3 is 44.0 Å². The molecule has 2 fully saturated rings. The Morgan fingerprint density at radius 2 is 1.40 bits per heavy atom. The van der Waals surface area contributed by atoms with E-state index in [0.717, 1.165) is 22.3 Å². The molecule has 326 valence electrons. The second-order valence-corrected chi connectivity index (χ2v) is 15.7. The van der Waals surface area contributed by atoms with Crippen molar-refractivity contribution in [2.24, 2.45) is 0 Å². The number of carbonyl (C=O) groups excluding carboxylic acids is 1. The number of amides is 1. The van der Waals surface area contributed by atoms with Crippen LogP contribution in [0.3, 0.4) is 0 Å².